The molecule has 7 heteroatoms. The standard InChI is InChI=1S/C17H13N7/c18-13-5-1-3-11(7-13)16-22-17(24-23-16)15-10-20-9-14(21-15)12-4-2-6-19-8-12/h1-10H,18H2,(H,22,23,24). The molecule has 0 saturated carbocycles. The summed E-state index contributed by atoms with van der Waals surface area (Å²) in [5.41, 5.74) is 9.54. The molecule has 0 atom stereocenters. The van der Waals surface area contributed by atoms with Gasteiger partial charge < -0.3 is 5.73 Å². The Balaban J connectivity index is 1.70. The monoisotopic (exact) mass is 315 g/mol. The van der Waals surface area contributed by atoms with Crippen molar-refractivity contribution >= 4 is 5.69 Å². The zero-order chi connectivity index (χ0) is 16.4. The van der Waals surface area contributed by atoms with Crippen LogP contribution in [0.1, 0.15) is 0 Å². The van der Waals surface area contributed by atoms with E-state index in [1.54, 1.807) is 24.8 Å². The van der Waals surface area contributed by atoms with Gasteiger partial charge in [-0.2, -0.15) is 5.10 Å². The molecule has 0 saturated heterocycles. The number of hydrogen-bond donors (Lipinski definition) is 2. The summed E-state index contributed by atoms with van der Waals surface area (Å²) in [4.78, 5) is 17.4. The van der Waals surface area contributed by atoms with Gasteiger partial charge >= 0.3 is 0 Å². The minimum atomic E-state index is 0.547. The van der Waals surface area contributed by atoms with E-state index in [0.717, 1.165) is 16.8 Å². The summed E-state index contributed by atoms with van der Waals surface area (Å²) < 4.78 is 0. The van der Waals surface area contributed by atoms with Crippen LogP contribution in [0.25, 0.3) is 34.2 Å². The number of rotatable bonds is 3. The zero-order valence-electron chi connectivity index (χ0n) is 12.6. The van der Waals surface area contributed by atoms with Crippen molar-refractivity contribution in [2.45, 2.75) is 0 Å². The number of H-pyrrole nitrogens is 1. The number of nitrogens with two attached hydrogens (primary N) is 1. The molecule has 0 bridgehead atoms. The molecule has 0 unspecified atom stereocenters. The second-order valence-corrected chi connectivity index (χ2v) is 5.16. The van der Waals surface area contributed by atoms with Gasteiger partial charge in [0, 0.05) is 29.2 Å². The molecule has 4 aromatic rings. The van der Waals surface area contributed by atoms with Gasteiger partial charge in [0.15, 0.2) is 11.6 Å². The van der Waals surface area contributed by atoms with E-state index in [9.17, 15) is 0 Å². The first-order valence-electron chi connectivity index (χ1n) is 7.31. The van der Waals surface area contributed by atoms with Gasteiger partial charge in [0.1, 0.15) is 5.69 Å². The first-order chi connectivity index (χ1) is 11.8. The normalized spacial score (nSPS) is 10.7. The largest absolute Gasteiger partial charge is 0.399 e. The second kappa shape index (κ2) is 5.88. The fourth-order valence-electron chi connectivity index (χ4n) is 2.32. The zero-order valence-corrected chi connectivity index (χ0v) is 12.6. The summed E-state index contributed by atoms with van der Waals surface area (Å²) in [5.74, 6) is 1.11. The minimum absolute atomic E-state index is 0.547. The summed E-state index contributed by atoms with van der Waals surface area (Å²) in [6.07, 6.45) is 6.79. The number of nitrogens with one attached hydrogen (secondary N) is 1. The van der Waals surface area contributed by atoms with Crippen LogP contribution in [0.3, 0.4) is 0 Å². The number of anilines is 1. The number of benzene rings is 1. The topological polar surface area (TPSA) is 106 Å². The minimum Gasteiger partial charge on any atom is -0.399 e. The lowest BCUT2D eigenvalue weighted by Crippen LogP contribution is -1.92. The highest BCUT2D eigenvalue weighted by molar-refractivity contribution is 5.64. The Hall–Kier alpha value is -3.61. The first-order valence-corrected chi connectivity index (χ1v) is 7.31. The van der Waals surface area contributed by atoms with Gasteiger partial charge in [0.05, 0.1) is 18.1 Å². The fourth-order valence-corrected chi connectivity index (χ4v) is 2.32. The molecule has 0 aliphatic heterocycles. The van der Waals surface area contributed by atoms with Crippen LogP contribution in [0, 0.1) is 0 Å². The van der Waals surface area contributed by atoms with Gasteiger partial charge in [-0.25, -0.2) is 9.97 Å². The van der Waals surface area contributed by atoms with E-state index in [-0.39, 0.29) is 0 Å². The molecule has 0 radical (unpaired) electrons. The Morgan fingerprint density at radius 3 is 2.54 bits per heavy atom. The molecular weight excluding hydrogens is 302 g/mol. The van der Waals surface area contributed by atoms with Gasteiger partial charge in [-0.1, -0.05) is 12.1 Å². The number of nitrogen functional groups attached to an aromatic ring is 1. The Bertz CT molecular complexity index is 979. The number of aromatic nitrogens is 6. The lowest BCUT2D eigenvalue weighted by molar-refractivity contribution is 1.08. The van der Waals surface area contributed by atoms with Crippen molar-refractivity contribution in [3.8, 4) is 34.2 Å². The Morgan fingerprint density at radius 1 is 0.833 bits per heavy atom. The van der Waals surface area contributed by atoms with Crippen LogP contribution in [-0.2, 0) is 0 Å². The van der Waals surface area contributed by atoms with Crippen molar-refractivity contribution in [1.29, 1.82) is 0 Å². The Labute approximate surface area is 137 Å². The Kier molecular flexibility index (Phi) is 3.43. The van der Waals surface area contributed by atoms with Crippen molar-refractivity contribution in [2.24, 2.45) is 0 Å². The maximum absolute atomic E-state index is 5.80. The van der Waals surface area contributed by atoms with E-state index in [2.05, 4.69) is 30.1 Å². The third-order valence-electron chi connectivity index (χ3n) is 3.46. The molecule has 0 aliphatic carbocycles. The van der Waals surface area contributed by atoms with Gasteiger partial charge in [0.2, 0.25) is 0 Å². The summed E-state index contributed by atoms with van der Waals surface area (Å²) in [5, 5.41) is 7.13. The van der Waals surface area contributed by atoms with E-state index in [0.29, 0.717) is 23.0 Å². The predicted octanol–water partition coefficient (Wildman–Crippen LogP) is 2.57. The molecule has 0 aliphatic rings. The lowest BCUT2D eigenvalue weighted by Gasteiger charge is -2.01. The molecule has 3 N–H and O–H groups in total. The third-order valence-corrected chi connectivity index (χ3v) is 3.46. The van der Waals surface area contributed by atoms with Crippen molar-refractivity contribution in [3.63, 3.8) is 0 Å². The summed E-state index contributed by atoms with van der Waals surface area (Å²) >= 11 is 0. The highest BCUT2D eigenvalue weighted by atomic mass is 15.2. The number of aromatic amines is 1. The SMILES string of the molecule is Nc1cccc(-c2n[nH]c(-c3cncc(-c4cccnc4)n3)n2)c1. The van der Waals surface area contributed by atoms with Gasteiger partial charge in [0.25, 0.3) is 0 Å². The van der Waals surface area contributed by atoms with Gasteiger partial charge in [-0.05, 0) is 24.3 Å². The highest BCUT2D eigenvalue weighted by Crippen LogP contribution is 2.22. The maximum Gasteiger partial charge on any atom is 0.181 e. The molecule has 0 spiro atoms. The van der Waals surface area contributed by atoms with E-state index < -0.39 is 0 Å². The molecule has 7 nitrogen and oxygen atoms in total. The first kappa shape index (κ1) is 14.0. The molecular formula is C17H13N7. The highest BCUT2D eigenvalue weighted by Gasteiger charge is 2.11. The van der Waals surface area contributed by atoms with Gasteiger partial charge in [-0.3, -0.25) is 15.1 Å². The Morgan fingerprint density at radius 2 is 1.71 bits per heavy atom. The van der Waals surface area contributed by atoms with Crippen molar-refractivity contribution in [3.05, 3.63) is 61.2 Å². The number of hydrogen-bond acceptors (Lipinski definition) is 6. The smallest absolute Gasteiger partial charge is 0.181 e. The van der Waals surface area contributed by atoms with Crippen molar-refractivity contribution in [1.82, 2.24) is 30.1 Å². The summed E-state index contributed by atoms with van der Waals surface area (Å²) in [7, 11) is 0. The second-order valence-electron chi connectivity index (χ2n) is 5.16. The van der Waals surface area contributed by atoms with E-state index in [1.807, 2.05) is 36.4 Å². The van der Waals surface area contributed by atoms with Crippen LogP contribution in [0.4, 0.5) is 5.69 Å². The number of pyridine rings is 1. The van der Waals surface area contributed by atoms with Crippen LogP contribution in [-0.4, -0.2) is 30.1 Å². The average molecular weight is 315 g/mol. The third kappa shape index (κ3) is 2.70. The molecule has 116 valence electrons. The molecule has 0 fully saturated rings. The number of nitrogens with zero attached hydrogens (tertiary/aromatic N) is 5. The van der Waals surface area contributed by atoms with E-state index in [1.165, 1.54) is 0 Å². The molecule has 4 rings (SSSR count). The predicted molar refractivity (Wildman–Crippen MR) is 90.5 cm³/mol. The van der Waals surface area contributed by atoms with Crippen LogP contribution in [0.15, 0.2) is 61.2 Å². The average Bonchev–Trinajstić information content (AvgIpc) is 3.13. The van der Waals surface area contributed by atoms with Crippen LogP contribution >= 0.6 is 0 Å². The van der Waals surface area contributed by atoms with Crippen LogP contribution < -0.4 is 5.73 Å². The quantitative estimate of drug-likeness (QED) is 0.563. The van der Waals surface area contributed by atoms with E-state index >= 15 is 0 Å². The fraction of sp³-hybridized carbons (Fsp3) is 0. The molecule has 24 heavy (non-hydrogen) atoms. The van der Waals surface area contributed by atoms with E-state index in [4.69, 9.17) is 5.73 Å². The van der Waals surface area contributed by atoms with Crippen molar-refractivity contribution < 1.29 is 0 Å². The van der Waals surface area contributed by atoms with Crippen LogP contribution in [0.2, 0.25) is 0 Å². The van der Waals surface area contributed by atoms with Crippen molar-refractivity contribution in [2.75, 3.05) is 5.73 Å². The summed E-state index contributed by atoms with van der Waals surface area (Å²) in [6, 6.07) is 11.2. The van der Waals surface area contributed by atoms with Gasteiger partial charge in [-0.15, -0.1) is 0 Å². The van der Waals surface area contributed by atoms with Crippen LogP contribution in [0.5, 0.6) is 0 Å². The maximum atomic E-state index is 5.80. The molecule has 3 heterocycles. The molecule has 0 amide bonds. The summed E-state index contributed by atoms with van der Waals surface area (Å²) in [6.45, 7) is 0. The lowest BCUT2D eigenvalue weighted by atomic mass is 10.2. The molecule has 3 aromatic heterocycles. The molecule has 1 aromatic carbocycles.